The van der Waals surface area contributed by atoms with E-state index in [1.165, 1.54) is 82.9 Å². The van der Waals surface area contributed by atoms with Crippen LogP contribution >= 0.6 is 24.8 Å². The topological polar surface area (TPSA) is 47.5 Å². The first-order valence-electron chi connectivity index (χ1n) is 14.3. The molecule has 2 aliphatic heterocycles. The van der Waals surface area contributed by atoms with Crippen LogP contribution in [0.1, 0.15) is 89.7 Å². The van der Waals surface area contributed by atoms with Crippen LogP contribution in [0, 0.1) is 5.92 Å². The molecule has 1 aromatic heterocycles. The van der Waals surface area contributed by atoms with Crippen LogP contribution in [0.15, 0.2) is 30.3 Å². The first-order chi connectivity index (χ1) is 17.3. The summed E-state index contributed by atoms with van der Waals surface area (Å²) in [6.07, 6.45) is 16.4. The van der Waals surface area contributed by atoms with Crippen LogP contribution in [0.4, 0.5) is 0 Å². The number of ether oxygens (including phenoxy) is 2. The van der Waals surface area contributed by atoms with Gasteiger partial charge in [-0.15, -0.1) is 29.9 Å². The maximum absolute atomic E-state index is 6.32. The van der Waals surface area contributed by atoms with Gasteiger partial charge in [-0.05, 0) is 95.0 Å². The van der Waals surface area contributed by atoms with Crippen LogP contribution in [-0.4, -0.2) is 46.9 Å². The summed E-state index contributed by atoms with van der Waals surface area (Å²) in [7, 11) is 0. The van der Waals surface area contributed by atoms with E-state index in [4.69, 9.17) is 9.47 Å². The van der Waals surface area contributed by atoms with E-state index in [0.29, 0.717) is 23.9 Å². The number of rotatable bonds is 9. The van der Waals surface area contributed by atoms with Gasteiger partial charge in [-0.25, -0.2) is 0 Å². The molecule has 206 valence electrons. The van der Waals surface area contributed by atoms with E-state index in [-0.39, 0.29) is 24.8 Å². The van der Waals surface area contributed by atoms with Crippen LogP contribution in [-0.2, 0) is 6.42 Å². The second kappa shape index (κ2) is 15.1. The van der Waals surface area contributed by atoms with E-state index < -0.39 is 0 Å². The molecule has 2 atom stereocenters. The van der Waals surface area contributed by atoms with Gasteiger partial charge >= 0.3 is 0 Å². The summed E-state index contributed by atoms with van der Waals surface area (Å²) in [5, 5.41) is 9.13. The average Bonchev–Trinajstić information content (AvgIpc) is 2.92. The molecule has 1 aliphatic carbocycles. The zero-order valence-electron chi connectivity index (χ0n) is 22.4. The fourth-order valence-electron chi connectivity index (χ4n) is 6.30. The first-order valence-corrected chi connectivity index (χ1v) is 14.3. The van der Waals surface area contributed by atoms with Crippen molar-refractivity contribution in [3.63, 3.8) is 0 Å². The molecule has 0 radical (unpaired) electrons. The molecule has 3 aliphatic rings. The fourth-order valence-corrected chi connectivity index (χ4v) is 6.30. The number of fused-ring (bicyclic) bond motifs is 1. The lowest BCUT2D eigenvalue weighted by Gasteiger charge is -2.44. The molecule has 0 bridgehead atoms. The standard InChI is InChI=1S/C30H43N3O2.2ClH/c1-2-3-13-28-27(23-15-17-26(18-16-23)35-25-11-5-4-6-12-25)21-30(32-31-28)34-22-24-10-9-20-33-19-8-7-14-29(24)33;;/h15-18,21,24-25,29H,2-14,19-20,22H2,1H3;2*1H/t24-,29+;;/m0../s1. The van der Waals surface area contributed by atoms with Crippen molar-refractivity contribution in [2.45, 2.75) is 103 Å². The van der Waals surface area contributed by atoms with Crippen molar-refractivity contribution in [1.29, 1.82) is 0 Å². The van der Waals surface area contributed by atoms with Gasteiger partial charge in [0.1, 0.15) is 5.75 Å². The molecule has 5 nitrogen and oxygen atoms in total. The number of aromatic nitrogens is 2. The fraction of sp³-hybridized carbons (Fsp3) is 0.667. The summed E-state index contributed by atoms with van der Waals surface area (Å²) >= 11 is 0. The van der Waals surface area contributed by atoms with E-state index in [2.05, 4.69) is 52.4 Å². The highest BCUT2D eigenvalue weighted by Gasteiger charge is 2.33. The Morgan fingerprint density at radius 1 is 0.865 bits per heavy atom. The normalized spacial score (nSPS) is 22.3. The summed E-state index contributed by atoms with van der Waals surface area (Å²) < 4.78 is 12.6. The van der Waals surface area contributed by atoms with Gasteiger partial charge in [0, 0.05) is 23.6 Å². The summed E-state index contributed by atoms with van der Waals surface area (Å²) in [4.78, 5) is 2.70. The number of nitrogens with zero attached hydrogens (tertiary/aromatic N) is 3. The Bertz CT molecular complexity index is 935. The molecule has 2 aromatic rings. The molecule has 5 rings (SSSR count). The van der Waals surface area contributed by atoms with Gasteiger partial charge < -0.3 is 9.47 Å². The van der Waals surface area contributed by atoms with Crippen LogP contribution < -0.4 is 9.47 Å². The predicted octanol–water partition coefficient (Wildman–Crippen LogP) is 7.68. The minimum atomic E-state index is 0. The SMILES string of the molecule is CCCCc1nnc(OC[C@@H]2CCCN3CCCC[C@H]23)cc1-c1ccc(OC2CCCCC2)cc1.Cl.Cl. The Balaban J connectivity index is 0.00000190. The Kier molecular flexibility index (Phi) is 12.3. The third-order valence-electron chi connectivity index (χ3n) is 8.31. The minimum Gasteiger partial charge on any atom is -0.490 e. The van der Waals surface area contributed by atoms with Crippen LogP contribution in [0.3, 0.4) is 0 Å². The second-order valence-electron chi connectivity index (χ2n) is 10.9. The summed E-state index contributed by atoms with van der Waals surface area (Å²) in [6, 6.07) is 11.4. The third kappa shape index (κ3) is 7.97. The Labute approximate surface area is 235 Å². The summed E-state index contributed by atoms with van der Waals surface area (Å²) in [6.45, 7) is 5.49. The quantitative estimate of drug-likeness (QED) is 0.320. The molecule has 3 heterocycles. The molecule has 7 heteroatoms. The number of hydrogen-bond acceptors (Lipinski definition) is 5. The highest BCUT2D eigenvalue weighted by molar-refractivity contribution is 5.85. The molecule has 37 heavy (non-hydrogen) atoms. The van der Waals surface area contributed by atoms with E-state index in [1.807, 2.05) is 0 Å². The van der Waals surface area contributed by atoms with Gasteiger partial charge in [0.15, 0.2) is 0 Å². The zero-order chi connectivity index (χ0) is 23.9. The maximum atomic E-state index is 6.32. The molecule has 3 fully saturated rings. The van der Waals surface area contributed by atoms with E-state index in [1.54, 1.807) is 0 Å². The molecule has 0 N–H and O–H groups in total. The van der Waals surface area contributed by atoms with Crippen molar-refractivity contribution in [2.24, 2.45) is 5.92 Å². The van der Waals surface area contributed by atoms with Gasteiger partial charge in [0.05, 0.1) is 18.4 Å². The van der Waals surface area contributed by atoms with Crippen molar-refractivity contribution in [2.75, 3.05) is 19.7 Å². The lowest BCUT2D eigenvalue weighted by molar-refractivity contribution is 0.0355. The van der Waals surface area contributed by atoms with Crippen molar-refractivity contribution < 1.29 is 9.47 Å². The Morgan fingerprint density at radius 3 is 2.41 bits per heavy atom. The first kappa shape index (κ1) is 30.0. The number of unbranched alkanes of at least 4 members (excludes halogenated alkanes) is 1. The average molecular weight is 551 g/mol. The number of halogens is 2. The molecule has 0 amide bonds. The highest BCUT2D eigenvalue weighted by atomic mass is 35.5. The molecule has 0 spiro atoms. The van der Waals surface area contributed by atoms with Gasteiger partial charge in [-0.2, -0.15) is 5.10 Å². The van der Waals surface area contributed by atoms with Crippen molar-refractivity contribution in [3.05, 3.63) is 36.0 Å². The van der Waals surface area contributed by atoms with E-state index in [9.17, 15) is 0 Å². The molecular weight excluding hydrogens is 505 g/mol. The molecule has 1 aromatic carbocycles. The number of benzene rings is 1. The lowest BCUT2D eigenvalue weighted by atomic mass is 9.84. The lowest BCUT2D eigenvalue weighted by Crippen LogP contribution is -2.49. The summed E-state index contributed by atoms with van der Waals surface area (Å²) in [5.74, 6) is 2.24. The highest BCUT2D eigenvalue weighted by Crippen LogP contribution is 2.33. The molecular formula is C30H45Cl2N3O2. The van der Waals surface area contributed by atoms with Crippen molar-refractivity contribution in [3.8, 4) is 22.8 Å². The zero-order valence-corrected chi connectivity index (χ0v) is 24.0. The van der Waals surface area contributed by atoms with Crippen molar-refractivity contribution in [1.82, 2.24) is 15.1 Å². The van der Waals surface area contributed by atoms with Gasteiger partial charge in [-0.1, -0.05) is 38.3 Å². The largest absolute Gasteiger partial charge is 0.490 e. The predicted molar refractivity (Wildman–Crippen MR) is 156 cm³/mol. The summed E-state index contributed by atoms with van der Waals surface area (Å²) in [5.41, 5.74) is 3.38. The van der Waals surface area contributed by atoms with Gasteiger partial charge in [0.2, 0.25) is 5.88 Å². The number of hydrogen-bond donors (Lipinski definition) is 0. The van der Waals surface area contributed by atoms with E-state index >= 15 is 0 Å². The van der Waals surface area contributed by atoms with E-state index in [0.717, 1.165) is 42.9 Å². The van der Waals surface area contributed by atoms with Crippen LogP contribution in [0.5, 0.6) is 11.6 Å². The third-order valence-corrected chi connectivity index (χ3v) is 8.31. The Morgan fingerprint density at radius 2 is 1.62 bits per heavy atom. The van der Waals surface area contributed by atoms with Gasteiger partial charge in [-0.3, -0.25) is 4.90 Å². The smallest absolute Gasteiger partial charge is 0.234 e. The van der Waals surface area contributed by atoms with Crippen LogP contribution in [0.25, 0.3) is 11.1 Å². The van der Waals surface area contributed by atoms with Crippen LogP contribution in [0.2, 0.25) is 0 Å². The van der Waals surface area contributed by atoms with Gasteiger partial charge in [0.25, 0.3) is 0 Å². The maximum Gasteiger partial charge on any atom is 0.234 e. The molecule has 0 unspecified atom stereocenters. The second-order valence-corrected chi connectivity index (χ2v) is 10.9. The Hall–Kier alpha value is -1.56. The molecule has 1 saturated carbocycles. The number of piperidine rings is 2. The van der Waals surface area contributed by atoms with Crippen molar-refractivity contribution >= 4 is 24.8 Å². The minimum absolute atomic E-state index is 0. The monoisotopic (exact) mass is 549 g/mol. The molecule has 2 saturated heterocycles. The number of aryl methyl sites for hydroxylation is 1.